The fourth-order valence-corrected chi connectivity index (χ4v) is 3.69. The third-order valence-electron chi connectivity index (χ3n) is 4.40. The average Bonchev–Trinajstić information content (AvgIpc) is 3.17. The highest BCUT2D eigenvalue weighted by Crippen LogP contribution is 2.24. The summed E-state index contributed by atoms with van der Waals surface area (Å²) in [5, 5.41) is 15.6. The first-order valence-electron chi connectivity index (χ1n) is 9.74. The fraction of sp³-hybridized carbons (Fsp3) is 0.318. The topological polar surface area (TPSA) is 87.0 Å². The SMILES string of the molecule is N#Cc1nc2ccc(NCCCCCCNC(=O)OCc3ccccc3)cc2s1. The van der Waals surface area contributed by atoms with Crippen LogP contribution < -0.4 is 10.6 Å². The van der Waals surface area contributed by atoms with E-state index in [-0.39, 0.29) is 6.09 Å². The molecule has 1 heterocycles. The largest absolute Gasteiger partial charge is 0.445 e. The molecule has 0 saturated heterocycles. The number of ether oxygens (including phenoxy) is 1. The molecule has 0 aliphatic heterocycles. The standard InChI is InChI=1S/C22H24N4O2S/c23-15-21-26-19-11-10-18(14-20(19)29-21)24-12-6-1-2-7-13-25-22(27)28-16-17-8-4-3-5-9-17/h3-5,8-11,14,24H,1-2,6-7,12-13,16H2,(H,25,27). The van der Waals surface area contributed by atoms with Crippen LogP contribution in [-0.4, -0.2) is 24.2 Å². The summed E-state index contributed by atoms with van der Waals surface area (Å²) in [4.78, 5) is 15.9. The predicted molar refractivity (Wildman–Crippen MR) is 116 cm³/mol. The maximum atomic E-state index is 11.7. The van der Waals surface area contributed by atoms with E-state index in [0.29, 0.717) is 18.2 Å². The van der Waals surface area contributed by atoms with Crippen molar-refractivity contribution >= 4 is 33.3 Å². The molecular formula is C22H24N4O2S. The number of rotatable bonds is 10. The zero-order valence-corrected chi connectivity index (χ0v) is 17.0. The van der Waals surface area contributed by atoms with E-state index in [4.69, 9.17) is 10.00 Å². The number of carbonyl (C=O) groups is 1. The number of unbranched alkanes of at least 4 members (excludes halogenated alkanes) is 3. The number of amides is 1. The lowest BCUT2D eigenvalue weighted by atomic mass is 10.2. The highest BCUT2D eigenvalue weighted by atomic mass is 32.1. The molecule has 0 unspecified atom stereocenters. The summed E-state index contributed by atoms with van der Waals surface area (Å²) in [6.45, 7) is 1.82. The van der Waals surface area contributed by atoms with Gasteiger partial charge < -0.3 is 15.4 Å². The Labute approximate surface area is 174 Å². The molecular weight excluding hydrogens is 384 g/mol. The molecule has 1 aromatic heterocycles. The first-order chi connectivity index (χ1) is 14.2. The van der Waals surface area contributed by atoms with Gasteiger partial charge in [0.15, 0.2) is 5.01 Å². The number of hydrogen-bond donors (Lipinski definition) is 2. The Kier molecular flexibility index (Phi) is 7.84. The number of carbonyl (C=O) groups excluding carboxylic acids is 1. The van der Waals surface area contributed by atoms with Crippen LogP contribution in [0, 0.1) is 11.3 Å². The van der Waals surface area contributed by atoms with Crippen LogP contribution in [0.15, 0.2) is 48.5 Å². The minimum absolute atomic E-state index is 0.295. The summed E-state index contributed by atoms with van der Waals surface area (Å²) in [6.07, 6.45) is 3.77. The lowest BCUT2D eigenvalue weighted by Crippen LogP contribution is -2.25. The van der Waals surface area contributed by atoms with Crippen LogP contribution in [0.1, 0.15) is 36.3 Å². The number of nitrogens with zero attached hydrogens (tertiary/aromatic N) is 2. The van der Waals surface area contributed by atoms with Gasteiger partial charge in [-0.25, -0.2) is 9.78 Å². The minimum Gasteiger partial charge on any atom is -0.445 e. The Morgan fingerprint density at radius 2 is 1.86 bits per heavy atom. The summed E-state index contributed by atoms with van der Waals surface area (Å²) in [7, 11) is 0. The fourth-order valence-electron chi connectivity index (χ4n) is 2.88. The smallest absolute Gasteiger partial charge is 0.407 e. The maximum Gasteiger partial charge on any atom is 0.407 e. The second-order valence-corrected chi connectivity index (χ2v) is 7.67. The molecule has 0 radical (unpaired) electrons. The van der Waals surface area contributed by atoms with Gasteiger partial charge in [-0.1, -0.05) is 43.2 Å². The zero-order valence-electron chi connectivity index (χ0n) is 16.2. The van der Waals surface area contributed by atoms with E-state index >= 15 is 0 Å². The quantitative estimate of drug-likeness (QED) is 0.458. The maximum absolute atomic E-state index is 11.7. The normalized spacial score (nSPS) is 10.4. The van der Waals surface area contributed by atoms with Gasteiger partial charge >= 0.3 is 6.09 Å². The number of fused-ring (bicyclic) bond motifs is 1. The van der Waals surface area contributed by atoms with Crippen LogP contribution in [0.4, 0.5) is 10.5 Å². The van der Waals surface area contributed by atoms with Crippen molar-refractivity contribution in [3.05, 3.63) is 59.1 Å². The number of benzene rings is 2. The van der Waals surface area contributed by atoms with Crippen molar-refractivity contribution in [3.8, 4) is 6.07 Å². The number of hydrogen-bond acceptors (Lipinski definition) is 6. The van der Waals surface area contributed by atoms with Gasteiger partial charge in [-0.15, -0.1) is 11.3 Å². The minimum atomic E-state index is -0.367. The summed E-state index contributed by atoms with van der Waals surface area (Å²) in [6, 6.07) is 17.7. The van der Waals surface area contributed by atoms with Crippen LogP contribution in [0.3, 0.4) is 0 Å². The van der Waals surface area contributed by atoms with Crippen molar-refractivity contribution in [2.75, 3.05) is 18.4 Å². The number of thiazole rings is 1. The molecule has 0 fully saturated rings. The van der Waals surface area contributed by atoms with Gasteiger partial charge in [0, 0.05) is 18.8 Å². The molecule has 2 N–H and O–H groups in total. The molecule has 0 atom stereocenters. The molecule has 0 aliphatic rings. The van der Waals surface area contributed by atoms with E-state index in [1.807, 2.05) is 48.5 Å². The van der Waals surface area contributed by atoms with Crippen molar-refractivity contribution in [1.29, 1.82) is 5.26 Å². The molecule has 2 aromatic carbocycles. The van der Waals surface area contributed by atoms with E-state index in [1.54, 1.807) is 0 Å². The third kappa shape index (κ3) is 6.77. The monoisotopic (exact) mass is 408 g/mol. The molecule has 3 aromatic rings. The molecule has 150 valence electrons. The molecule has 1 amide bonds. The third-order valence-corrected chi connectivity index (χ3v) is 5.32. The van der Waals surface area contributed by atoms with E-state index in [9.17, 15) is 4.79 Å². The number of alkyl carbamates (subject to hydrolysis) is 1. The molecule has 0 bridgehead atoms. The van der Waals surface area contributed by atoms with Crippen molar-refractivity contribution in [2.24, 2.45) is 0 Å². The van der Waals surface area contributed by atoms with Crippen molar-refractivity contribution in [2.45, 2.75) is 32.3 Å². The molecule has 6 nitrogen and oxygen atoms in total. The Morgan fingerprint density at radius 1 is 1.07 bits per heavy atom. The van der Waals surface area contributed by atoms with Crippen molar-refractivity contribution in [3.63, 3.8) is 0 Å². The second kappa shape index (κ2) is 11.0. The van der Waals surface area contributed by atoms with Gasteiger partial charge in [-0.2, -0.15) is 5.26 Å². The summed E-state index contributed by atoms with van der Waals surface area (Å²) >= 11 is 1.41. The molecule has 0 spiro atoms. The zero-order chi connectivity index (χ0) is 20.3. The van der Waals surface area contributed by atoms with Crippen LogP contribution in [0.2, 0.25) is 0 Å². The Bertz CT molecular complexity index is 966. The van der Waals surface area contributed by atoms with Crippen LogP contribution in [-0.2, 0) is 11.3 Å². The first-order valence-corrected chi connectivity index (χ1v) is 10.6. The van der Waals surface area contributed by atoms with E-state index in [1.165, 1.54) is 11.3 Å². The van der Waals surface area contributed by atoms with E-state index in [0.717, 1.165) is 53.7 Å². The highest BCUT2D eigenvalue weighted by Gasteiger charge is 2.04. The van der Waals surface area contributed by atoms with Crippen LogP contribution >= 0.6 is 11.3 Å². The number of nitriles is 1. The molecule has 0 aliphatic carbocycles. The lowest BCUT2D eigenvalue weighted by molar-refractivity contribution is 0.139. The number of nitrogens with one attached hydrogen (secondary N) is 2. The van der Waals surface area contributed by atoms with Crippen LogP contribution in [0.25, 0.3) is 10.2 Å². The first kappa shape index (κ1) is 20.6. The van der Waals surface area contributed by atoms with Gasteiger partial charge in [0.05, 0.1) is 10.2 Å². The van der Waals surface area contributed by atoms with Gasteiger partial charge in [-0.05, 0) is 36.6 Å². The summed E-state index contributed by atoms with van der Waals surface area (Å²) in [5.74, 6) is 0. The predicted octanol–water partition coefficient (Wildman–Crippen LogP) is 5.07. The average molecular weight is 409 g/mol. The summed E-state index contributed by atoms with van der Waals surface area (Å²) < 4.78 is 6.20. The van der Waals surface area contributed by atoms with Gasteiger partial charge in [0.25, 0.3) is 0 Å². The van der Waals surface area contributed by atoms with E-state index in [2.05, 4.69) is 21.7 Å². The molecule has 0 saturated carbocycles. The van der Waals surface area contributed by atoms with Crippen molar-refractivity contribution in [1.82, 2.24) is 10.3 Å². The van der Waals surface area contributed by atoms with E-state index < -0.39 is 0 Å². The van der Waals surface area contributed by atoms with Gasteiger partial charge in [-0.3, -0.25) is 0 Å². The van der Waals surface area contributed by atoms with Gasteiger partial charge in [0.2, 0.25) is 0 Å². The second-order valence-electron chi connectivity index (χ2n) is 6.64. The van der Waals surface area contributed by atoms with Crippen LogP contribution in [0.5, 0.6) is 0 Å². The lowest BCUT2D eigenvalue weighted by Gasteiger charge is -2.08. The molecule has 29 heavy (non-hydrogen) atoms. The molecule has 7 heteroatoms. The Balaban J connectivity index is 1.22. The Morgan fingerprint density at radius 3 is 2.66 bits per heavy atom. The van der Waals surface area contributed by atoms with Crippen molar-refractivity contribution < 1.29 is 9.53 Å². The Hall–Kier alpha value is -3.11. The highest BCUT2D eigenvalue weighted by molar-refractivity contribution is 7.19. The van der Waals surface area contributed by atoms with Gasteiger partial charge in [0.1, 0.15) is 12.7 Å². The number of aromatic nitrogens is 1. The number of anilines is 1. The summed E-state index contributed by atoms with van der Waals surface area (Å²) in [5.41, 5.74) is 2.90. The molecule has 3 rings (SSSR count).